The van der Waals surface area contributed by atoms with Gasteiger partial charge in [0, 0.05) is 12.0 Å². The number of hydrogen-bond donors (Lipinski definition) is 2. The highest BCUT2D eigenvalue weighted by molar-refractivity contribution is 5.34. The maximum atomic E-state index is 9.81. The zero-order valence-corrected chi connectivity index (χ0v) is 10.3. The summed E-state index contributed by atoms with van der Waals surface area (Å²) in [4.78, 5) is 0. The second-order valence-electron chi connectivity index (χ2n) is 5.91. The van der Waals surface area contributed by atoms with Gasteiger partial charge in [0.25, 0.3) is 0 Å². The van der Waals surface area contributed by atoms with Gasteiger partial charge >= 0.3 is 0 Å². The van der Waals surface area contributed by atoms with Crippen molar-refractivity contribution in [2.24, 2.45) is 5.73 Å². The molecule has 0 saturated heterocycles. The third-order valence-electron chi connectivity index (χ3n) is 4.52. The summed E-state index contributed by atoms with van der Waals surface area (Å²) in [5.74, 6) is 0. The Balaban J connectivity index is 1.64. The molecule has 2 heteroatoms. The molecular formula is C15H21NO. The Bertz CT molecular complexity index is 401. The molecule has 0 aliphatic heterocycles. The second kappa shape index (κ2) is 3.82. The zero-order chi connectivity index (χ0) is 11.9. The van der Waals surface area contributed by atoms with Crippen LogP contribution in [0.2, 0.25) is 0 Å². The maximum Gasteiger partial charge on any atom is 0.0653 e. The fraction of sp³-hybridized carbons (Fsp3) is 0.600. The van der Waals surface area contributed by atoms with Crippen molar-refractivity contribution in [1.82, 2.24) is 0 Å². The molecule has 2 fully saturated rings. The molecule has 0 spiro atoms. The van der Waals surface area contributed by atoms with Gasteiger partial charge in [-0.3, -0.25) is 0 Å². The SMILES string of the molecule is NCC1(c2ccc(CCC3(O)CC3)cc2)CC1. The van der Waals surface area contributed by atoms with E-state index in [1.54, 1.807) is 0 Å². The summed E-state index contributed by atoms with van der Waals surface area (Å²) in [6, 6.07) is 8.87. The first-order valence-electron chi connectivity index (χ1n) is 6.68. The Hall–Kier alpha value is -0.860. The highest BCUT2D eigenvalue weighted by Crippen LogP contribution is 2.47. The fourth-order valence-electron chi connectivity index (χ4n) is 2.56. The lowest BCUT2D eigenvalue weighted by atomic mass is 9.94. The Kier molecular flexibility index (Phi) is 2.53. The van der Waals surface area contributed by atoms with Crippen LogP contribution in [-0.4, -0.2) is 17.3 Å². The van der Waals surface area contributed by atoms with Gasteiger partial charge in [-0.15, -0.1) is 0 Å². The van der Waals surface area contributed by atoms with E-state index in [2.05, 4.69) is 24.3 Å². The lowest BCUT2D eigenvalue weighted by Gasteiger charge is -2.13. The molecule has 0 atom stereocenters. The minimum absolute atomic E-state index is 0.299. The number of hydrogen-bond acceptors (Lipinski definition) is 2. The smallest absolute Gasteiger partial charge is 0.0653 e. The van der Waals surface area contributed by atoms with Gasteiger partial charge in [-0.1, -0.05) is 24.3 Å². The van der Waals surface area contributed by atoms with Gasteiger partial charge in [0.2, 0.25) is 0 Å². The third-order valence-corrected chi connectivity index (χ3v) is 4.52. The molecule has 1 aromatic rings. The normalized spacial score (nSPS) is 23.4. The van der Waals surface area contributed by atoms with Crippen molar-refractivity contribution >= 4 is 0 Å². The summed E-state index contributed by atoms with van der Waals surface area (Å²) < 4.78 is 0. The van der Waals surface area contributed by atoms with E-state index >= 15 is 0 Å². The molecular weight excluding hydrogens is 210 g/mol. The van der Waals surface area contributed by atoms with E-state index in [0.717, 1.165) is 32.2 Å². The van der Waals surface area contributed by atoms with Crippen molar-refractivity contribution in [1.29, 1.82) is 0 Å². The van der Waals surface area contributed by atoms with Crippen molar-refractivity contribution in [3.8, 4) is 0 Å². The number of aliphatic hydroxyl groups is 1. The highest BCUT2D eigenvalue weighted by atomic mass is 16.3. The third kappa shape index (κ3) is 2.24. The standard InChI is InChI=1S/C15H21NO/c16-11-14(7-8-14)13-3-1-12(2-4-13)5-6-15(17)9-10-15/h1-4,17H,5-11,16H2. The van der Waals surface area contributed by atoms with Crippen molar-refractivity contribution in [3.05, 3.63) is 35.4 Å². The highest BCUT2D eigenvalue weighted by Gasteiger charge is 2.42. The molecule has 1 aromatic carbocycles. The van der Waals surface area contributed by atoms with Crippen molar-refractivity contribution < 1.29 is 5.11 Å². The summed E-state index contributed by atoms with van der Waals surface area (Å²) in [6.07, 6.45) is 6.36. The van der Waals surface area contributed by atoms with Crippen LogP contribution < -0.4 is 5.73 Å². The van der Waals surface area contributed by atoms with E-state index in [1.165, 1.54) is 24.0 Å². The van der Waals surface area contributed by atoms with Crippen LogP contribution in [0.3, 0.4) is 0 Å². The molecule has 2 aliphatic carbocycles. The summed E-state index contributed by atoms with van der Waals surface area (Å²) >= 11 is 0. The Labute approximate surface area is 103 Å². The Morgan fingerprint density at radius 3 is 2.18 bits per heavy atom. The van der Waals surface area contributed by atoms with Crippen LogP contribution >= 0.6 is 0 Å². The van der Waals surface area contributed by atoms with Gasteiger partial charge in [0.1, 0.15) is 0 Å². The molecule has 0 radical (unpaired) electrons. The van der Waals surface area contributed by atoms with E-state index in [0.29, 0.717) is 5.41 Å². The maximum absolute atomic E-state index is 9.81. The molecule has 2 aliphatic rings. The van der Waals surface area contributed by atoms with Crippen LogP contribution in [0.25, 0.3) is 0 Å². The molecule has 3 N–H and O–H groups in total. The van der Waals surface area contributed by atoms with Crippen LogP contribution in [0.1, 0.15) is 43.2 Å². The van der Waals surface area contributed by atoms with E-state index in [-0.39, 0.29) is 5.60 Å². The lowest BCUT2D eigenvalue weighted by molar-refractivity contribution is 0.140. The molecule has 92 valence electrons. The number of rotatable bonds is 5. The summed E-state index contributed by atoms with van der Waals surface area (Å²) in [5, 5.41) is 9.81. The molecule has 0 bridgehead atoms. The van der Waals surface area contributed by atoms with E-state index in [9.17, 15) is 5.11 Å². The molecule has 2 saturated carbocycles. The van der Waals surface area contributed by atoms with Crippen molar-refractivity contribution in [2.45, 2.75) is 49.5 Å². The first-order chi connectivity index (χ1) is 8.16. The quantitative estimate of drug-likeness (QED) is 0.815. The van der Waals surface area contributed by atoms with Gasteiger partial charge in [-0.2, -0.15) is 0 Å². The lowest BCUT2D eigenvalue weighted by Crippen LogP contribution is -2.19. The average molecular weight is 231 g/mol. The number of aryl methyl sites for hydroxylation is 1. The van der Waals surface area contributed by atoms with Crippen LogP contribution in [0, 0.1) is 0 Å². The predicted octanol–water partition coefficient (Wildman–Crippen LogP) is 2.13. The predicted molar refractivity (Wildman–Crippen MR) is 68.9 cm³/mol. The minimum Gasteiger partial charge on any atom is -0.390 e. The van der Waals surface area contributed by atoms with Crippen LogP contribution in [-0.2, 0) is 11.8 Å². The summed E-state index contributed by atoms with van der Waals surface area (Å²) in [6.45, 7) is 0.770. The first-order valence-corrected chi connectivity index (χ1v) is 6.68. The van der Waals surface area contributed by atoms with Crippen LogP contribution in [0.5, 0.6) is 0 Å². The molecule has 0 aromatic heterocycles. The van der Waals surface area contributed by atoms with Crippen LogP contribution in [0.4, 0.5) is 0 Å². The monoisotopic (exact) mass is 231 g/mol. The second-order valence-corrected chi connectivity index (χ2v) is 5.91. The van der Waals surface area contributed by atoms with Crippen molar-refractivity contribution in [3.63, 3.8) is 0 Å². The van der Waals surface area contributed by atoms with Gasteiger partial charge in [0.15, 0.2) is 0 Å². The molecule has 2 nitrogen and oxygen atoms in total. The van der Waals surface area contributed by atoms with E-state index < -0.39 is 0 Å². The van der Waals surface area contributed by atoms with Gasteiger partial charge in [-0.25, -0.2) is 0 Å². The molecule has 3 rings (SSSR count). The van der Waals surface area contributed by atoms with Crippen molar-refractivity contribution in [2.75, 3.05) is 6.54 Å². The molecule has 17 heavy (non-hydrogen) atoms. The zero-order valence-electron chi connectivity index (χ0n) is 10.3. The summed E-state index contributed by atoms with van der Waals surface area (Å²) in [7, 11) is 0. The first kappa shape index (κ1) is 11.2. The molecule has 0 unspecified atom stereocenters. The largest absolute Gasteiger partial charge is 0.390 e. The van der Waals surface area contributed by atoms with E-state index in [4.69, 9.17) is 5.73 Å². The summed E-state index contributed by atoms with van der Waals surface area (Å²) in [5.41, 5.74) is 8.54. The van der Waals surface area contributed by atoms with Crippen LogP contribution in [0.15, 0.2) is 24.3 Å². The van der Waals surface area contributed by atoms with Gasteiger partial charge in [0.05, 0.1) is 5.60 Å². The van der Waals surface area contributed by atoms with Gasteiger partial charge < -0.3 is 10.8 Å². The molecule has 0 amide bonds. The Morgan fingerprint density at radius 2 is 1.71 bits per heavy atom. The average Bonchev–Trinajstić information content (AvgIpc) is 3.25. The molecule has 0 heterocycles. The van der Waals surface area contributed by atoms with E-state index in [1.807, 2.05) is 0 Å². The topological polar surface area (TPSA) is 46.2 Å². The Morgan fingerprint density at radius 1 is 1.06 bits per heavy atom. The fourth-order valence-corrected chi connectivity index (χ4v) is 2.56. The minimum atomic E-state index is -0.326. The van der Waals surface area contributed by atoms with Gasteiger partial charge in [-0.05, 0) is 49.7 Å². The number of nitrogens with two attached hydrogens (primary N) is 1. The number of benzene rings is 1.